The number of hydrogen-bond acceptors (Lipinski definition) is 2. The largest absolute Gasteiger partial charge is 0.232 e. The fourth-order valence-corrected chi connectivity index (χ4v) is 3.02. The molecule has 2 rings (SSSR count). The summed E-state index contributed by atoms with van der Waals surface area (Å²) in [6, 6.07) is 7.90. The van der Waals surface area contributed by atoms with Crippen molar-refractivity contribution in [2.24, 2.45) is 0 Å². The van der Waals surface area contributed by atoms with Crippen LogP contribution in [0.25, 0.3) is 11.4 Å². The average molecular weight is 438 g/mol. The Labute approximate surface area is 133 Å². The van der Waals surface area contributed by atoms with Crippen LogP contribution in [0.4, 0.5) is 0 Å². The van der Waals surface area contributed by atoms with Gasteiger partial charge >= 0.3 is 0 Å². The van der Waals surface area contributed by atoms with Crippen molar-refractivity contribution >= 4 is 50.1 Å². The molecule has 1 heterocycles. The third-order valence-electron chi connectivity index (χ3n) is 2.47. The molecule has 0 aliphatic carbocycles. The molecule has 0 atom stereocenters. The van der Waals surface area contributed by atoms with Crippen LogP contribution >= 0.6 is 50.1 Å². The van der Waals surface area contributed by atoms with Gasteiger partial charge < -0.3 is 0 Å². The van der Waals surface area contributed by atoms with Gasteiger partial charge in [0.2, 0.25) is 0 Å². The molecule has 0 saturated carbocycles. The van der Waals surface area contributed by atoms with E-state index >= 15 is 0 Å². The van der Waals surface area contributed by atoms with Crippen LogP contribution in [0.5, 0.6) is 0 Å². The molecule has 0 saturated heterocycles. The van der Waals surface area contributed by atoms with Gasteiger partial charge in [0.05, 0.1) is 9.26 Å². The van der Waals surface area contributed by atoms with Crippen molar-refractivity contribution in [3.8, 4) is 11.4 Å². The van der Waals surface area contributed by atoms with Gasteiger partial charge in [-0.3, -0.25) is 0 Å². The second kappa shape index (κ2) is 5.84. The Morgan fingerprint density at radius 3 is 2.61 bits per heavy atom. The van der Waals surface area contributed by atoms with E-state index in [1.165, 1.54) is 0 Å². The monoisotopic (exact) mass is 436 g/mol. The highest BCUT2D eigenvalue weighted by Gasteiger charge is 2.14. The molecule has 2 aromatic rings. The molecular weight excluding hydrogens is 426 g/mol. The second-order valence-corrected chi connectivity index (χ2v) is 6.55. The standard InChI is InChI=1S/C13H11BrClIN2/c1-7(2)11-10(16)12(15)18-13(17-11)8-4-3-5-9(14)6-8/h3-7H,1-2H3. The SMILES string of the molecule is CC(C)c1nc(-c2cccc(Br)c2)nc(Cl)c1I. The van der Waals surface area contributed by atoms with Crippen molar-refractivity contribution in [2.75, 3.05) is 0 Å². The summed E-state index contributed by atoms with van der Waals surface area (Å²) in [5.41, 5.74) is 1.95. The van der Waals surface area contributed by atoms with E-state index in [9.17, 15) is 0 Å². The summed E-state index contributed by atoms with van der Waals surface area (Å²) in [6.45, 7) is 4.21. The van der Waals surface area contributed by atoms with Gasteiger partial charge in [-0.25, -0.2) is 9.97 Å². The van der Waals surface area contributed by atoms with E-state index in [1.807, 2.05) is 24.3 Å². The third-order valence-corrected chi connectivity index (χ3v) is 4.62. The van der Waals surface area contributed by atoms with Crippen molar-refractivity contribution in [1.82, 2.24) is 9.97 Å². The number of nitrogens with zero attached hydrogens (tertiary/aromatic N) is 2. The summed E-state index contributed by atoms with van der Waals surface area (Å²) < 4.78 is 1.94. The third kappa shape index (κ3) is 3.03. The van der Waals surface area contributed by atoms with Gasteiger partial charge in [0.25, 0.3) is 0 Å². The highest BCUT2D eigenvalue weighted by molar-refractivity contribution is 14.1. The summed E-state index contributed by atoms with van der Waals surface area (Å²) in [4.78, 5) is 8.97. The number of halogens is 3. The molecule has 0 fully saturated rings. The van der Waals surface area contributed by atoms with Crippen LogP contribution in [-0.4, -0.2) is 9.97 Å². The Balaban J connectivity index is 2.59. The molecule has 0 unspecified atom stereocenters. The topological polar surface area (TPSA) is 25.8 Å². The van der Waals surface area contributed by atoms with E-state index in [-0.39, 0.29) is 0 Å². The summed E-state index contributed by atoms with van der Waals surface area (Å²) in [7, 11) is 0. The van der Waals surface area contributed by atoms with Gasteiger partial charge in [0.1, 0.15) is 5.15 Å². The zero-order valence-electron chi connectivity index (χ0n) is 9.92. The lowest BCUT2D eigenvalue weighted by Crippen LogP contribution is -2.02. The highest BCUT2D eigenvalue weighted by Crippen LogP contribution is 2.28. The smallest absolute Gasteiger partial charge is 0.161 e. The maximum atomic E-state index is 6.18. The molecule has 5 heteroatoms. The maximum absolute atomic E-state index is 6.18. The van der Waals surface area contributed by atoms with Gasteiger partial charge in [-0.2, -0.15) is 0 Å². The van der Waals surface area contributed by atoms with Crippen molar-refractivity contribution in [1.29, 1.82) is 0 Å². The molecule has 0 N–H and O–H groups in total. The van der Waals surface area contributed by atoms with Gasteiger partial charge in [-0.1, -0.05) is 53.5 Å². The predicted octanol–water partition coefficient (Wildman–Crippen LogP) is 5.29. The number of rotatable bonds is 2. The minimum atomic E-state index is 0.323. The molecule has 18 heavy (non-hydrogen) atoms. The number of hydrogen-bond donors (Lipinski definition) is 0. The summed E-state index contributed by atoms with van der Waals surface area (Å²) in [5.74, 6) is 0.994. The van der Waals surface area contributed by atoms with Crippen LogP contribution in [0.2, 0.25) is 5.15 Å². The molecule has 0 amide bonds. The van der Waals surface area contributed by atoms with Crippen LogP contribution in [0, 0.1) is 3.57 Å². The zero-order valence-corrected chi connectivity index (χ0v) is 14.4. The number of benzene rings is 1. The molecule has 2 nitrogen and oxygen atoms in total. The molecule has 0 radical (unpaired) electrons. The minimum Gasteiger partial charge on any atom is -0.232 e. The van der Waals surface area contributed by atoms with Crippen LogP contribution in [0.15, 0.2) is 28.7 Å². The first-order valence-electron chi connectivity index (χ1n) is 5.48. The van der Waals surface area contributed by atoms with Crippen molar-refractivity contribution in [2.45, 2.75) is 19.8 Å². The van der Waals surface area contributed by atoms with Crippen molar-refractivity contribution < 1.29 is 0 Å². The maximum Gasteiger partial charge on any atom is 0.161 e. The van der Waals surface area contributed by atoms with E-state index in [0.717, 1.165) is 19.3 Å². The first kappa shape index (κ1) is 14.2. The predicted molar refractivity (Wildman–Crippen MR) is 87.0 cm³/mol. The van der Waals surface area contributed by atoms with Crippen LogP contribution in [0.1, 0.15) is 25.5 Å². The summed E-state index contributed by atoms with van der Waals surface area (Å²) in [5, 5.41) is 0.518. The van der Waals surface area contributed by atoms with Gasteiger partial charge in [0.15, 0.2) is 5.82 Å². The summed E-state index contributed by atoms with van der Waals surface area (Å²) in [6.07, 6.45) is 0. The van der Waals surface area contributed by atoms with E-state index < -0.39 is 0 Å². The lowest BCUT2D eigenvalue weighted by atomic mass is 10.1. The highest BCUT2D eigenvalue weighted by atomic mass is 127. The zero-order chi connectivity index (χ0) is 13.3. The first-order chi connectivity index (χ1) is 8.49. The average Bonchev–Trinajstić information content (AvgIpc) is 2.32. The molecule has 0 spiro atoms. The number of aromatic nitrogens is 2. The fraction of sp³-hybridized carbons (Fsp3) is 0.231. The lowest BCUT2D eigenvalue weighted by molar-refractivity contribution is 0.808. The second-order valence-electron chi connectivity index (χ2n) is 4.20. The molecule has 0 aliphatic heterocycles. The fourth-order valence-electron chi connectivity index (χ4n) is 1.58. The Bertz CT molecular complexity index is 587. The Morgan fingerprint density at radius 2 is 2.00 bits per heavy atom. The quantitative estimate of drug-likeness (QED) is 0.472. The van der Waals surface area contributed by atoms with Crippen LogP contribution < -0.4 is 0 Å². The lowest BCUT2D eigenvalue weighted by Gasteiger charge is -2.11. The normalized spacial score (nSPS) is 11.0. The minimum absolute atomic E-state index is 0.323. The van der Waals surface area contributed by atoms with Crippen LogP contribution in [0.3, 0.4) is 0 Å². The Kier molecular flexibility index (Phi) is 4.61. The molecule has 1 aromatic heterocycles. The summed E-state index contributed by atoms with van der Waals surface area (Å²) >= 11 is 11.8. The van der Waals surface area contributed by atoms with E-state index in [1.54, 1.807) is 0 Å². The van der Waals surface area contributed by atoms with E-state index in [2.05, 4.69) is 62.3 Å². The first-order valence-corrected chi connectivity index (χ1v) is 7.73. The van der Waals surface area contributed by atoms with Gasteiger partial charge in [-0.05, 0) is 40.6 Å². The van der Waals surface area contributed by atoms with Gasteiger partial charge in [0, 0.05) is 10.0 Å². The van der Waals surface area contributed by atoms with Gasteiger partial charge in [-0.15, -0.1) is 0 Å². The molecular formula is C13H11BrClIN2. The Hall–Kier alpha value is -0.200. The van der Waals surface area contributed by atoms with Crippen molar-refractivity contribution in [3.63, 3.8) is 0 Å². The van der Waals surface area contributed by atoms with E-state index in [0.29, 0.717) is 16.9 Å². The van der Waals surface area contributed by atoms with Crippen LogP contribution in [-0.2, 0) is 0 Å². The molecule has 94 valence electrons. The molecule has 0 bridgehead atoms. The molecule has 0 aliphatic rings. The Morgan fingerprint density at radius 1 is 1.28 bits per heavy atom. The van der Waals surface area contributed by atoms with E-state index in [4.69, 9.17) is 11.6 Å². The molecule has 1 aromatic carbocycles. The van der Waals surface area contributed by atoms with Crippen molar-refractivity contribution in [3.05, 3.63) is 43.2 Å².